The Labute approximate surface area is 112 Å². The summed E-state index contributed by atoms with van der Waals surface area (Å²) in [5, 5.41) is 5.61. The van der Waals surface area contributed by atoms with E-state index in [4.69, 9.17) is 12.2 Å². The van der Waals surface area contributed by atoms with E-state index in [2.05, 4.69) is 15.8 Å². The molecule has 1 aromatic carbocycles. The molecule has 1 fully saturated rings. The number of nitrogens with one attached hydrogen (secondary N) is 2. The molecule has 0 bridgehead atoms. The maximum atomic E-state index is 13.4. The molecule has 1 aliphatic heterocycles. The average Bonchev–Trinajstić information content (AvgIpc) is 2.35. The maximum absolute atomic E-state index is 13.4. The standard InChI is InChI=1S/C13H18FN3S/c1-10-5-6-11(9-12(10)14)15-13(18)16-17-7-3-2-4-8-17/h5-6,9H,2-4,7-8H2,1H3,(H2,15,16,18). The summed E-state index contributed by atoms with van der Waals surface area (Å²) in [5.41, 5.74) is 4.44. The Kier molecular flexibility index (Phi) is 4.49. The van der Waals surface area contributed by atoms with Crippen LogP contribution in [0.15, 0.2) is 18.2 Å². The minimum atomic E-state index is -0.222. The lowest BCUT2D eigenvalue weighted by Gasteiger charge is -2.28. The molecule has 1 heterocycles. The van der Waals surface area contributed by atoms with Gasteiger partial charge in [0.15, 0.2) is 5.11 Å². The van der Waals surface area contributed by atoms with Gasteiger partial charge < -0.3 is 5.32 Å². The third-order valence-electron chi connectivity index (χ3n) is 3.05. The highest BCUT2D eigenvalue weighted by Gasteiger charge is 2.10. The minimum Gasteiger partial charge on any atom is -0.332 e. The van der Waals surface area contributed by atoms with Crippen molar-refractivity contribution in [1.82, 2.24) is 10.4 Å². The number of hydrogen-bond acceptors (Lipinski definition) is 2. The molecule has 2 rings (SSSR count). The molecule has 0 atom stereocenters. The van der Waals surface area contributed by atoms with Crippen LogP contribution >= 0.6 is 12.2 Å². The van der Waals surface area contributed by atoms with E-state index in [-0.39, 0.29) is 5.82 Å². The van der Waals surface area contributed by atoms with Crippen molar-refractivity contribution in [2.75, 3.05) is 18.4 Å². The summed E-state index contributed by atoms with van der Waals surface area (Å²) >= 11 is 5.21. The van der Waals surface area contributed by atoms with Crippen LogP contribution in [0.1, 0.15) is 24.8 Å². The summed E-state index contributed by atoms with van der Waals surface area (Å²) < 4.78 is 13.4. The second-order valence-electron chi connectivity index (χ2n) is 4.58. The lowest BCUT2D eigenvalue weighted by molar-refractivity contribution is 0.196. The quantitative estimate of drug-likeness (QED) is 0.806. The molecule has 0 radical (unpaired) electrons. The van der Waals surface area contributed by atoms with E-state index in [1.54, 1.807) is 13.0 Å². The number of hydrazine groups is 1. The van der Waals surface area contributed by atoms with Crippen LogP contribution in [0.5, 0.6) is 0 Å². The fraction of sp³-hybridized carbons (Fsp3) is 0.462. The molecule has 0 spiro atoms. The molecule has 5 heteroatoms. The number of thiocarbonyl (C=S) groups is 1. The van der Waals surface area contributed by atoms with Gasteiger partial charge in [-0.1, -0.05) is 12.5 Å². The first kappa shape index (κ1) is 13.2. The van der Waals surface area contributed by atoms with Crippen molar-refractivity contribution in [2.24, 2.45) is 0 Å². The van der Waals surface area contributed by atoms with Gasteiger partial charge in [-0.05, 0) is 49.7 Å². The Balaban J connectivity index is 1.88. The van der Waals surface area contributed by atoms with Gasteiger partial charge in [0.1, 0.15) is 5.82 Å². The number of hydrogen-bond donors (Lipinski definition) is 2. The molecule has 18 heavy (non-hydrogen) atoms. The van der Waals surface area contributed by atoms with E-state index in [9.17, 15) is 4.39 Å². The van der Waals surface area contributed by atoms with Crippen LogP contribution in [0, 0.1) is 12.7 Å². The Morgan fingerprint density at radius 2 is 2.00 bits per heavy atom. The first-order valence-electron chi connectivity index (χ1n) is 6.24. The predicted octanol–water partition coefficient (Wildman–Crippen LogP) is 2.82. The molecular formula is C13H18FN3S. The van der Waals surface area contributed by atoms with Crippen LogP contribution in [-0.4, -0.2) is 23.2 Å². The van der Waals surface area contributed by atoms with Gasteiger partial charge in [0, 0.05) is 18.8 Å². The summed E-state index contributed by atoms with van der Waals surface area (Å²) in [4.78, 5) is 0. The topological polar surface area (TPSA) is 27.3 Å². The van der Waals surface area contributed by atoms with Gasteiger partial charge in [-0.2, -0.15) is 0 Å². The zero-order valence-corrected chi connectivity index (χ0v) is 11.3. The van der Waals surface area contributed by atoms with Crippen LogP contribution < -0.4 is 10.7 Å². The van der Waals surface area contributed by atoms with E-state index in [0.717, 1.165) is 13.1 Å². The summed E-state index contributed by atoms with van der Waals surface area (Å²) in [5.74, 6) is -0.222. The SMILES string of the molecule is Cc1ccc(NC(=S)NN2CCCCC2)cc1F. The molecular weight excluding hydrogens is 249 g/mol. The lowest BCUT2D eigenvalue weighted by atomic mass is 10.2. The van der Waals surface area contributed by atoms with E-state index in [1.165, 1.54) is 25.3 Å². The second-order valence-corrected chi connectivity index (χ2v) is 4.99. The van der Waals surface area contributed by atoms with Crippen LogP contribution in [0.3, 0.4) is 0 Å². The number of nitrogens with zero attached hydrogens (tertiary/aromatic N) is 1. The van der Waals surface area contributed by atoms with Gasteiger partial charge in [-0.25, -0.2) is 9.40 Å². The smallest absolute Gasteiger partial charge is 0.185 e. The van der Waals surface area contributed by atoms with Gasteiger partial charge >= 0.3 is 0 Å². The van der Waals surface area contributed by atoms with Crippen LogP contribution in [0.4, 0.5) is 10.1 Å². The Hall–Kier alpha value is -1.20. The van der Waals surface area contributed by atoms with Gasteiger partial charge in [0.05, 0.1) is 0 Å². The van der Waals surface area contributed by atoms with Gasteiger partial charge in [-0.15, -0.1) is 0 Å². The van der Waals surface area contributed by atoms with Crippen molar-refractivity contribution < 1.29 is 4.39 Å². The first-order valence-corrected chi connectivity index (χ1v) is 6.65. The highest BCUT2D eigenvalue weighted by atomic mass is 32.1. The fourth-order valence-electron chi connectivity index (χ4n) is 1.98. The van der Waals surface area contributed by atoms with Crippen molar-refractivity contribution in [3.63, 3.8) is 0 Å². The molecule has 1 saturated heterocycles. The second kappa shape index (κ2) is 6.11. The van der Waals surface area contributed by atoms with Crippen molar-refractivity contribution in [2.45, 2.75) is 26.2 Å². The zero-order chi connectivity index (χ0) is 13.0. The molecule has 1 aliphatic rings. The van der Waals surface area contributed by atoms with Crippen molar-refractivity contribution in [1.29, 1.82) is 0 Å². The molecule has 0 aromatic heterocycles. The van der Waals surface area contributed by atoms with Crippen LogP contribution in [0.25, 0.3) is 0 Å². The fourth-order valence-corrected chi connectivity index (χ4v) is 2.23. The summed E-state index contributed by atoms with van der Waals surface area (Å²) in [6, 6.07) is 5.02. The average molecular weight is 267 g/mol. The molecule has 0 aliphatic carbocycles. The molecule has 3 nitrogen and oxygen atoms in total. The number of rotatable bonds is 2. The Morgan fingerprint density at radius 1 is 1.28 bits per heavy atom. The number of piperidine rings is 1. The number of benzene rings is 1. The first-order chi connectivity index (χ1) is 8.65. The molecule has 0 unspecified atom stereocenters. The summed E-state index contributed by atoms with van der Waals surface area (Å²) in [6.45, 7) is 3.75. The van der Waals surface area contributed by atoms with Gasteiger partial charge in [0.25, 0.3) is 0 Å². The number of aryl methyl sites for hydroxylation is 1. The molecule has 2 N–H and O–H groups in total. The van der Waals surface area contributed by atoms with Crippen molar-refractivity contribution >= 4 is 23.0 Å². The van der Waals surface area contributed by atoms with E-state index in [0.29, 0.717) is 16.4 Å². The van der Waals surface area contributed by atoms with E-state index < -0.39 is 0 Å². The van der Waals surface area contributed by atoms with Crippen molar-refractivity contribution in [3.05, 3.63) is 29.6 Å². The van der Waals surface area contributed by atoms with Gasteiger partial charge in [-0.3, -0.25) is 5.43 Å². The van der Waals surface area contributed by atoms with Crippen LogP contribution in [-0.2, 0) is 0 Å². The monoisotopic (exact) mass is 267 g/mol. The third-order valence-corrected chi connectivity index (χ3v) is 3.24. The van der Waals surface area contributed by atoms with E-state index in [1.807, 2.05) is 6.07 Å². The molecule has 0 amide bonds. The third kappa shape index (κ3) is 3.65. The lowest BCUT2D eigenvalue weighted by Crippen LogP contribution is -2.46. The molecule has 0 saturated carbocycles. The van der Waals surface area contributed by atoms with Crippen molar-refractivity contribution in [3.8, 4) is 0 Å². The Bertz CT molecular complexity index is 430. The van der Waals surface area contributed by atoms with Gasteiger partial charge in [0.2, 0.25) is 0 Å². The minimum absolute atomic E-state index is 0.222. The predicted molar refractivity (Wildman–Crippen MR) is 75.9 cm³/mol. The normalized spacial score (nSPS) is 16.3. The summed E-state index contributed by atoms with van der Waals surface area (Å²) in [6.07, 6.45) is 3.66. The number of halogens is 1. The maximum Gasteiger partial charge on any atom is 0.185 e. The highest BCUT2D eigenvalue weighted by molar-refractivity contribution is 7.80. The molecule has 98 valence electrons. The molecule has 1 aromatic rings. The number of anilines is 1. The zero-order valence-electron chi connectivity index (χ0n) is 10.5. The largest absolute Gasteiger partial charge is 0.332 e. The summed E-state index contributed by atoms with van der Waals surface area (Å²) in [7, 11) is 0. The van der Waals surface area contributed by atoms with Crippen LogP contribution in [0.2, 0.25) is 0 Å². The highest BCUT2D eigenvalue weighted by Crippen LogP contribution is 2.13. The Morgan fingerprint density at radius 3 is 2.67 bits per heavy atom. The van der Waals surface area contributed by atoms with E-state index >= 15 is 0 Å².